The molecule has 7 nitrogen and oxygen atoms in total. The Labute approximate surface area is 146 Å². The molecule has 2 unspecified atom stereocenters. The van der Waals surface area contributed by atoms with Crippen molar-refractivity contribution in [3.63, 3.8) is 0 Å². The highest BCUT2D eigenvalue weighted by Gasteiger charge is 2.47. The van der Waals surface area contributed by atoms with Gasteiger partial charge in [0.2, 0.25) is 9.84 Å². The van der Waals surface area contributed by atoms with Gasteiger partial charge in [-0.05, 0) is 13.3 Å². The van der Waals surface area contributed by atoms with Crippen molar-refractivity contribution in [1.82, 2.24) is 10.2 Å². The quantitative estimate of drug-likeness (QED) is 0.784. The first-order valence-corrected chi connectivity index (χ1v) is 9.18. The molecule has 0 spiro atoms. The normalized spacial score (nSPS) is 22.2. The Kier molecular flexibility index (Phi) is 5.07. The van der Waals surface area contributed by atoms with Gasteiger partial charge in [0.25, 0.3) is 0 Å². The van der Waals surface area contributed by atoms with Crippen LogP contribution in [0.4, 0.5) is 13.2 Å². The Hall–Kier alpha value is -1.80. The molecule has 1 aliphatic heterocycles. The summed E-state index contributed by atoms with van der Waals surface area (Å²) in [6.07, 6.45) is -5.30. The molecular weight excluding hydrogens is 385 g/mol. The molecule has 0 saturated heterocycles. The number of nitriles is 1. The van der Waals surface area contributed by atoms with Gasteiger partial charge in [0.15, 0.2) is 16.3 Å². The van der Waals surface area contributed by atoms with Crippen molar-refractivity contribution < 1.29 is 26.4 Å². The lowest BCUT2D eigenvalue weighted by atomic mass is 10.1. The maximum Gasteiger partial charge on any atom is 0.435 e. The zero-order valence-electron chi connectivity index (χ0n) is 13.2. The Morgan fingerprint density at radius 3 is 2.60 bits per heavy atom. The molecule has 0 aliphatic carbocycles. The molecule has 0 bridgehead atoms. The average Bonchev–Trinajstić information content (AvgIpc) is 3.12. The van der Waals surface area contributed by atoms with Crippen molar-refractivity contribution in [3.05, 3.63) is 17.0 Å². The second kappa shape index (κ2) is 6.49. The minimum absolute atomic E-state index is 0.0464. The number of hydrogen-bond donors (Lipinski definition) is 1. The molecule has 2 heterocycles. The number of oxime groups is 1. The maximum atomic E-state index is 13.2. The van der Waals surface area contributed by atoms with E-state index in [4.69, 9.17) is 21.7 Å². The van der Waals surface area contributed by atoms with Crippen molar-refractivity contribution in [2.75, 3.05) is 5.88 Å². The molecule has 25 heavy (non-hydrogen) atoms. The van der Waals surface area contributed by atoms with E-state index in [1.54, 1.807) is 0 Å². The first-order valence-electron chi connectivity index (χ1n) is 7.10. The van der Waals surface area contributed by atoms with Gasteiger partial charge in [-0.2, -0.15) is 23.5 Å². The van der Waals surface area contributed by atoms with Crippen LogP contribution in [0.5, 0.6) is 0 Å². The zero-order chi connectivity index (χ0) is 19.0. The Bertz CT molecular complexity index is 844. The fourth-order valence-electron chi connectivity index (χ4n) is 2.48. The summed E-state index contributed by atoms with van der Waals surface area (Å²) in [5.74, 6) is -0.0464. The first-order chi connectivity index (χ1) is 11.5. The minimum atomic E-state index is -4.91. The molecule has 2 rings (SSSR count). The smallest absolute Gasteiger partial charge is 0.387 e. The monoisotopic (exact) mass is 398 g/mol. The maximum absolute atomic E-state index is 13.2. The summed E-state index contributed by atoms with van der Waals surface area (Å²) in [5.41, 5.74) is -3.75. The molecule has 1 aliphatic rings. The van der Waals surface area contributed by atoms with Crippen LogP contribution in [0.2, 0.25) is 0 Å². The SMILES string of the molecule is CCC(c1c(C(F)(F)F)n[nH]c1C#N)S(=O)(=O)C1=NOC(C)(CCl)C1. The number of H-pyrrole nitrogens is 1. The van der Waals surface area contributed by atoms with Crippen LogP contribution >= 0.6 is 11.6 Å². The summed E-state index contributed by atoms with van der Waals surface area (Å²) >= 11 is 5.71. The zero-order valence-corrected chi connectivity index (χ0v) is 14.8. The van der Waals surface area contributed by atoms with E-state index in [1.807, 2.05) is 5.10 Å². The molecule has 1 aromatic heterocycles. The summed E-state index contributed by atoms with van der Waals surface area (Å²) < 4.78 is 65.2. The molecule has 138 valence electrons. The van der Waals surface area contributed by atoms with Crippen molar-refractivity contribution in [2.24, 2.45) is 5.16 Å². The summed E-state index contributed by atoms with van der Waals surface area (Å²) in [5, 5.41) is 15.5. The molecular formula is C13H14ClF3N4O3S. The number of nitrogens with zero attached hydrogens (tertiary/aromatic N) is 3. The highest BCUT2D eigenvalue weighted by atomic mass is 35.5. The lowest BCUT2D eigenvalue weighted by Crippen LogP contribution is -2.30. The second-order valence-electron chi connectivity index (χ2n) is 5.75. The predicted octanol–water partition coefficient (Wildman–Crippen LogP) is 2.90. The van der Waals surface area contributed by atoms with Gasteiger partial charge in [0, 0.05) is 12.0 Å². The van der Waals surface area contributed by atoms with E-state index in [2.05, 4.69) is 10.3 Å². The average molecular weight is 399 g/mol. The summed E-state index contributed by atoms with van der Waals surface area (Å²) in [7, 11) is -4.32. The van der Waals surface area contributed by atoms with Crippen LogP contribution in [0, 0.1) is 11.3 Å². The lowest BCUT2D eigenvalue weighted by Gasteiger charge is -2.19. The van der Waals surface area contributed by atoms with E-state index < -0.39 is 48.9 Å². The van der Waals surface area contributed by atoms with Gasteiger partial charge in [-0.1, -0.05) is 12.1 Å². The number of alkyl halides is 4. The van der Waals surface area contributed by atoms with E-state index in [9.17, 15) is 21.6 Å². The third-order valence-corrected chi connectivity index (χ3v) is 6.51. The molecule has 0 saturated carbocycles. The summed E-state index contributed by atoms with van der Waals surface area (Å²) in [6.45, 7) is 2.93. The van der Waals surface area contributed by atoms with Gasteiger partial charge in [-0.3, -0.25) is 5.10 Å². The van der Waals surface area contributed by atoms with E-state index in [0.29, 0.717) is 0 Å². The molecule has 0 aromatic carbocycles. The number of nitrogens with one attached hydrogen (secondary N) is 1. The summed E-state index contributed by atoms with van der Waals surface area (Å²) in [6, 6.07) is 1.52. The van der Waals surface area contributed by atoms with Gasteiger partial charge in [0.1, 0.15) is 11.8 Å². The number of rotatable bonds is 4. The van der Waals surface area contributed by atoms with Crippen LogP contribution < -0.4 is 0 Å². The van der Waals surface area contributed by atoms with Gasteiger partial charge in [0.05, 0.1) is 11.1 Å². The largest absolute Gasteiger partial charge is 0.435 e. The molecule has 1 N–H and O–H groups in total. The number of aromatic amines is 1. The third kappa shape index (κ3) is 3.46. The Morgan fingerprint density at radius 1 is 1.52 bits per heavy atom. The lowest BCUT2D eigenvalue weighted by molar-refractivity contribution is -0.141. The molecule has 0 radical (unpaired) electrons. The molecule has 2 atom stereocenters. The standard InChI is InChI=1S/C13H14ClF3N4O3S/c1-3-8(10-7(5-18)19-20-11(10)13(15,16)17)25(22,23)9-4-12(2,6-14)24-21-9/h8H,3-4,6H2,1-2H3,(H,19,20). The molecule has 12 heteroatoms. The molecule has 0 amide bonds. The summed E-state index contributed by atoms with van der Waals surface area (Å²) in [4.78, 5) is 5.02. The van der Waals surface area contributed by atoms with Crippen LogP contribution in [0.3, 0.4) is 0 Å². The van der Waals surface area contributed by atoms with Crippen molar-refractivity contribution >= 4 is 26.5 Å². The van der Waals surface area contributed by atoms with Crippen LogP contribution in [0.1, 0.15) is 48.9 Å². The van der Waals surface area contributed by atoms with Crippen LogP contribution in [-0.2, 0) is 20.9 Å². The number of halogens is 4. The van der Waals surface area contributed by atoms with Crippen LogP contribution in [-0.4, -0.2) is 35.1 Å². The number of aromatic nitrogens is 2. The van der Waals surface area contributed by atoms with Crippen LogP contribution in [0.25, 0.3) is 0 Å². The predicted molar refractivity (Wildman–Crippen MR) is 82.5 cm³/mol. The second-order valence-corrected chi connectivity index (χ2v) is 8.15. The van der Waals surface area contributed by atoms with Crippen molar-refractivity contribution in [2.45, 2.75) is 43.7 Å². The van der Waals surface area contributed by atoms with Crippen molar-refractivity contribution in [1.29, 1.82) is 5.26 Å². The topological polar surface area (TPSA) is 108 Å². The van der Waals surface area contributed by atoms with E-state index in [0.717, 1.165) is 0 Å². The third-order valence-electron chi connectivity index (χ3n) is 3.76. The highest BCUT2D eigenvalue weighted by molar-refractivity contribution is 8.06. The van der Waals surface area contributed by atoms with E-state index in [1.165, 1.54) is 19.9 Å². The van der Waals surface area contributed by atoms with Crippen LogP contribution in [0.15, 0.2) is 5.16 Å². The Balaban J connectivity index is 2.55. The minimum Gasteiger partial charge on any atom is -0.387 e. The number of sulfone groups is 1. The van der Waals surface area contributed by atoms with Gasteiger partial charge in [-0.25, -0.2) is 8.42 Å². The Morgan fingerprint density at radius 2 is 2.16 bits per heavy atom. The van der Waals surface area contributed by atoms with E-state index in [-0.39, 0.29) is 18.7 Å². The van der Waals surface area contributed by atoms with Gasteiger partial charge < -0.3 is 4.84 Å². The number of hydrogen-bond acceptors (Lipinski definition) is 6. The molecule has 0 fully saturated rings. The highest BCUT2D eigenvalue weighted by Crippen LogP contribution is 2.41. The van der Waals surface area contributed by atoms with E-state index >= 15 is 0 Å². The van der Waals surface area contributed by atoms with Crippen molar-refractivity contribution in [3.8, 4) is 6.07 Å². The van der Waals surface area contributed by atoms with Gasteiger partial charge in [-0.15, -0.1) is 11.6 Å². The fourth-order valence-corrected chi connectivity index (χ4v) is 4.58. The first kappa shape index (κ1) is 19.5. The fraction of sp³-hybridized carbons (Fsp3) is 0.615. The molecule has 1 aromatic rings. The van der Waals surface area contributed by atoms with Gasteiger partial charge >= 0.3 is 6.18 Å².